The van der Waals surface area contributed by atoms with Crippen molar-refractivity contribution in [2.45, 2.75) is 78.6 Å². The smallest absolute Gasteiger partial charge is 0.243 e. The fourth-order valence-electron chi connectivity index (χ4n) is 2.82. The number of rotatable bonds is 9. The van der Waals surface area contributed by atoms with Crippen LogP contribution in [0, 0.1) is 0 Å². The van der Waals surface area contributed by atoms with E-state index < -0.39 is 0 Å². The number of nitrogens with one attached hydrogen (secondary N) is 1. The van der Waals surface area contributed by atoms with Crippen molar-refractivity contribution in [3.05, 3.63) is 41.5 Å². The van der Waals surface area contributed by atoms with Crippen LogP contribution in [0.2, 0.25) is 0 Å². The lowest BCUT2D eigenvalue weighted by Crippen LogP contribution is -2.22. The van der Waals surface area contributed by atoms with Crippen molar-refractivity contribution < 1.29 is 9.53 Å². The van der Waals surface area contributed by atoms with Gasteiger partial charge in [0.25, 0.3) is 0 Å². The van der Waals surface area contributed by atoms with E-state index in [1.165, 1.54) is 22.8 Å². The number of hydrogen-bond donors (Lipinski definition) is 1. The van der Waals surface area contributed by atoms with Gasteiger partial charge in [-0.05, 0) is 52.9 Å². The first-order chi connectivity index (χ1) is 12.1. The summed E-state index contributed by atoms with van der Waals surface area (Å²) in [6, 6.07) is 4.63. The van der Waals surface area contributed by atoms with Gasteiger partial charge in [-0.3, -0.25) is 4.79 Å². The van der Waals surface area contributed by atoms with Gasteiger partial charge in [-0.25, -0.2) is 0 Å². The van der Waals surface area contributed by atoms with Crippen LogP contribution in [0.1, 0.15) is 89.8 Å². The Labute approximate surface area is 160 Å². The molecule has 0 radical (unpaired) electrons. The van der Waals surface area contributed by atoms with Crippen LogP contribution in [-0.2, 0) is 10.2 Å². The molecule has 0 atom stereocenters. The molecule has 0 bridgehead atoms. The Balaban J connectivity index is 2.91. The van der Waals surface area contributed by atoms with Crippen LogP contribution in [-0.4, -0.2) is 19.1 Å². The maximum Gasteiger partial charge on any atom is 0.243 e. The number of carbonyl (C=O) groups is 1. The van der Waals surface area contributed by atoms with E-state index in [4.69, 9.17) is 4.74 Å². The molecule has 0 spiro atoms. The van der Waals surface area contributed by atoms with E-state index in [-0.39, 0.29) is 11.3 Å². The third-order valence-corrected chi connectivity index (χ3v) is 4.56. The first-order valence-electron chi connectivity index (χ1n) is 9.79. The Hall–Kier alpha value is -1.77. The van der Waals surface area contributed by atoms with Gasteiger partial charge in [0.05, 0.1) is 6.61 Å². The highest BCUT2D eigenvalue weighted by atomic mass is 16.5. The molecule has 1 rings (SSSR count). The second kappa shape index (κ2) is 9.80. The van der Waals surface area contributed by atoms with E-state index in [1.54, 1.807) is 0 Å². The molecule has 1 aromatic rings. The van der Waals surface area contributed by atoms with Crippen LogP contribution < -0.4 is 10.1 Å². The minimum atomic E-state index is -0.118. The summed E-state index contributed by atoms with van der Waals surface area (Å²) in [5.74, 6) is 1.76. The van der Waals surface area contributed by atoms with Crippen LogP contribution in [0.15, 0.2) is 24.8 Å². The molecule has 0 saturated heterocycles. The van der Waals surface area contributed by atoms with Crippen molar-refractivity contribution in [3.8, 4) is 5.75 Å². The molecule has 0 fully saturated rings. The molecule has 0 aliphatic rings. The monoisotopic (exact) mass is 359 g/mol. The summed E-state index contributed by atoms with van der Waals surface area (Å²) < 4.78 is 6.26. The summed E-state index contributed by atoms with van der Waals surface area (Å²) in [5.41, 5.74) is 4.07. The molecule has 0 aliphatic heterocycles. The molecule has 0 heterocycles. The second-order valence-corrected chi connectivity index (χ2v) is 8.59. The molecule has 0 unspecified atom stereocenters. The zero-order valence-corrected chi connectivity index (χ0v) is 17.7. The van der Waals surface area contributed by atoms with Crippen molar-refractivity contribution in [3.63, 3.8) is 0 Å². The standard InChI is InChI=1S/C23H37NO2/c1-9-21(25)24-12-10-11-13-26-22-19(16(2)3)14-18(23(6,7)8)15-20(22)17(4)5/h9,14-17H,1,10-13H2,2-8H3,(H,24,25). The van der Waals surface area contributed by atoms with Gasteiger partial charge in [0.1, 0.15) is 5.75 Å². The Bertz CT molecular complexity index is 580. The highest BCUT2D eigenvalue weighted by molar-refractivity contribution is 5.86. The van der Waals surface area contributed by atoms with Gasteiger partial charge in [-0.15, -0.1) is 0 Å². The second-order valence-electron chi connectivity index (χ2n) is 8.59. The molecule has 1 amide bonds. The van der Waals surface area contributed by atoms with Gasteiger partial charge in [-0.1, -0.05) is 67.2 Å². The molecule has 1 N–H and O–H groups in total. The Morgan fingerprint density at radius 1 is 1.12 bits per heavy atom. The van der Waals surface area contributed by atoms with Crippen molar-refractivity contribution in [1.29, 1.82) is 0 Å². The summed E-state index contributed by atoms with van der Waals surface area (Å²) in [4.78, 5) is 11.2. The van der Waals surface area contributed by atoms with Crippen molar-refractivity contribution in [1.82, 2.24) is 5.32 Å². The molecule has 146 valence electrons. The van der Waals surface area contributed by atoms with Crippen molar-refractivity contribution in [2.24, 2.45) is 0 Å². The lowest BCUT2D eigenvalue weighted by atomic mass is 9.81. The zero-order valence-electron chi connectivity index (χ0n) is 17.7. The van der Waals surface area contributed by atoms with Gasteiger partial charge in [0.2, 0.25) is 5.91 Å². The summed E-state index contributed by atoms with van der Waals surface area (Å²) >= 11 is 0. The van der Waals surface area contributed by atoms with Gasteiger partial charge in [0.15, 0.2) is 0 Å². The quantitative estimate of drug-likeness (QED) is 0.454. The largest absolute Gasteiger partial charge is 0.493 e. The highest BCUT2D eigenvalue weighted by Crippen LogP contribution is 2.39. The first kappa shape index (κ1) is 22.3. The normalized spacial score (nSPS) is 11.7. The summed E-state index contributed by atoms with van der Waals surface area (Å²) in [6.45, 7) is 20.5. The third-order valence-electron chi connectivity index (χ3n) is 4.56. The SMILES string of the molecule is C=CC(=O)NCCCCOc1c(C(C)C)cc(C(C)(C)C)cc1C(C)C. The van der Waals surface area contributed by atoms with E-state index in [9.17, 15) is 4.79 Å². The van der Waals surface area contributed by atoms with E-state index >= 15 is 0 Å². The molecule has 3 heteroatoms. The number of carbonyl (C=O) groups excluding carboxylic acids is 1. The number of hydrogen-bond acceptors (Lipinski definition) is 2. The molecule has 3 nitrogen and oxygen atoms in total. The predicted octanol–water partition coefficient (Wildman–Crippen LogP) is 5.69. The highest BCUT2D eigenvalue weighted by Gasteiger charge is 2.22. The Kier molecular flexibility index (Phi) is 8.39. The van der Waals surface area contributed by atoms with Gasteiger partial charge in [0, 0.05) is 6.54 Å². The number of amides is 1. The Morgan fingerprint density at radius 2 is 1.65 bits per heavy atom. The van der Waals surface area contributed by atoms with E-state index in [0.717, 1.165) is 18.6 Å². The van der Waals surface area contributed by atoms with E-state index in [1.807, 2.05) is 0 Å². The van der Waals surface area contributed by atoms with Gasteiger partial charge >= 0.3 is 0 Å². The Morgan fingerprint density at radius 3 is 2.08 bits per heavy atom. The van der Waals surface area contributed by atoms with Crippen LogP contribution in [0.5, 0.6) is 5.75 Å². The zero-order chi connectivity index (χ0) is 19.9. The molecule has 26 heavy (non-hydrogen) atoms. The van der Waals surface area contributed by atoms with Crippen LogP contribution in [0.25, 0.3) is 0 Å². The van der Waals surface area contributed by atoms with Crippen LogP contribution >= 0.6 is 0 Å². The number of ether oxygens (including phenoxy) is 1. The molecule has 0 aliphatic carbocycles. The summed E-state index contributed by atoms with van der Waals surface area (Å²) in [7, 11) is 0. The average Bonchev–Trinajstić information content (AvgIpc) is 2.55. The minimum Gasteiger partial charge on any atom is -0.493 e. The summed E-state index contributed by atoms with van der Waals surface area (Å²) in [5, 5.41) is 2.80. The number of unbranched alkanes of at least 4 members (excludes halogenated alkanes) is 1. The molecule has 1 aromatic carbocycles. The van der Waals surface area contributed by atoms with E-state index in [2.05, 4.69) is 72.5 Å². The van der Waals surface area contributed by atoms with E-state index in [0.29, 0.717) is 25.0 Å². The lowest BCUT2D eigenvalue weighted by Gasteiger charge is -2.26. The van der Waals surface area contributed by atoms with Crippen molar-refractivity contribution in [2.75, 3.05) is 13.2 Å². The lowest BCUT2D eigenvalue weighted by molar-refractivity contribution is -0.116. The van der Waals surface area contributed by atoms with Gasteiger partial charge < -0.3 is 10.1 Å². The minimum absolute atomic E-state index is 0.118. The van der Waals surface area contributed by atoms with Crippen LogP contribution in [0.4, 0.5) is 0 Å². The fourth-order valence-corrected chi connectivity index (χ4v) is 2.82. The first-order valence-corrected chi connectivity index (χ1v) is 9.79. The fraction of sp³-hybridized carbons (Fsp3) is 0.609. The maximum absolute atomic E-state index is 11.2. The summed E-state index contributed by atoms with van der Waals surface area (Å²) in [6.07, 6.45) is 3.11. The van der Waals surface area contributed by atoms with Crippen LogP contribution in [0.3, 0.4) is 0 Å². The molecular weight excluding hydrogens is 322 g/mol. The number of benzene rings is 1. The molecule has 0 aromatic heterocycles. The van der Waals surface area contributed by atoms with Gasteiger partial charge in [-0.2, -0.15) is 0 Å². The molecular formula is C23H37NO2. The maximum atomic E-state index is 11.2. The average molecular weight is 360 g/mol. The predicted molar refractivity (Wildman–Crippen MR) is 111 cm³/mol. The topological polar surface area (TPSA) is 38.3 Å². The van der Waals surface area contributed by atoms with Crippen molar-refractivity contribution >= 4 is 5.91 Å². The third kappa shape index (κ3) is 6.51. The molecule has 0 saturated carbocycles.